The van der Waals surface area contributed by atoms with Crippen LogP contribution in [0.15, 0.2) is 53.5 Å². The van der Waals surface area contributed by atoms with Crippen molar-refractivity contribution < 1.29 is 4.39 Å². The molecule has 2 aromatic rings. The van der Waals surface area contributed by atoms with Gasteiger partial charge in [0.15, 0.2) is 0 Å². The van der Waals surface area contributed by atoms with E-state index in [1.807, 2.05) is 24.3 Å². The van der Waals surface area contributed by atoms with E-state index in [4.69, 9.17) is 11.6 Å². The number of anilines is 1. The van der Waals surface area contributed by atoms with Gasteiger partial charge in [0.05, 0.1) is 6.54 Å². The van der Waals surface area contributed by atoms with Crippen molar-refractivity contribution in [1.29, 1.82) is 0 Å². The van der Waals surface area contributed by atoms with Crippen LogP contribution >= 0.6 is 11.6 Å². The standard InChI is InChI=1S/C15H12ClFN2/c16-12-3-1-11(2-4-12)15-18-9-10-19(15)14-7-5-13(17)6-8-14/h1-8H,9-10H2. The molecule has 1 aliphatic rings. The van der Waals surface area contributed by atoms with Crippen molar-refractivity contribution in [1.82, 2.24) is 0 Å². The van der Waals surface area contributed by atoms with Gasteiger partial charge in [-0.2, -0.15) is 0 Å². The third-order valence-electron chi connectivity index (χ3n) is 3.08. The normalized spacial score (nSPS) is 14.6. The first-order valence-corrected chi connectivity index (χ1v) is 6.45. The molecule has 1 aliphatic heterocycles. The fourth-order valence-corrected chi connectivity index (χ4v) is 2.29. The van der Waals surface area contributed by atoms with Crippen LogP contribution in [0.2, 0.25) is 5.02 Å². The zero-order valence-electron chi connectivity index (χ0n) is 10.2. The van der Waals surface area contributed by atoms with Gasteiger partial charge in [0.1, 0.15) is 11.7 Å². The van der Waals surface area contributed by atoms with Gasteiger partial charge >= 0.3 is 0 Å². The first-order valence-electron chi connectivity index (χ1n) is 6.07. The van der Waals surface area contributed by atoms with E-state index in [2.05, 4.69) is 9.89 Å². The Morgan fingerprint density at radius 2 is 1.68 bits per heavy atom. The molecule has 0 radical (unpaired) electrons. The van der Waals surface area contributed by atoms with Crippen molar-refractivity contribution in [3.63, 3.8) is 0 Å². The average molecular weight is 275 g/mol. The van der Waals surface area contributed by atoms with Crippen LogP contribution in [-0.4, -0.2) is 18.9 Å². The summed E-state index contributed by atoms with van der Waals surface area (Å²) < 4.78 is 13.0. The van der Waals surface area contributed by atoms with Crippen LogP contribution in [0, 0.1) is 5.82 Å². The number of benzene rings is 2. The summed E-state index contributed by atoms with van der Waals surface area (Å²) in [4.78, 5) is 6.61. The third kappa shape index (κ3) is 2.47. The highest BCUT2D eigenvalue weighted by molar-refractivity contribution is 6.30. The second-order valence-corrected chi connectivity index (χ2v) is 4.78. The molecular weight excluding hydrogens is 263 g/mol. The van der Waals surface area contributed by atoms with Gasteiger partial charge in [0.25, 0.3) is 0 Å². The summed E-state index contributed by atoms with van der Waals surface area (Å²) in [6, 6.07) is 14.1. The maximum Gasteiger partial charge on any atom is 0.135 e. The Kier molecular flexibility index (Phi) is 3.22. The molecule has 0 spiro atoms. The lowest BCUT2D eigenvalue weighted by atomic mass is 10.2. The van der Waals surface area contributed by atoms with Crippen molar-refractivity contribution in [2.45, 2.75) is 0 Å². The van der Waals surface area contributed by atoms with E-state index in [1.165, 1.54) is 12.1 Å². The Morgan fingerprint density at radius 1 is 1.00 bits per heavy atom. The second-order valence-electron chi connectivity index (χ2n) is 4.34. The highest BCUT2D eigenvalue weighted by atomic mass is 35.5. The van der Waals surface area contributed by atoms with Gasteiger partial charge in [-0.05, 0) is 48.5 Å². The number of hydrogen-bond donors (Lipinski definition) is 0. The number of aliphatic imine (C=N–C) groups is 1. The van der Waals surface area contributed by atoms with Gasteiger partial charge in [0, 0.05) is 22.8 Å². The lowest BCUT2D eigenvalue weighted by molar-refractivity contribution is 0.628. The fourth-order valence-electron chi connectivity index (χ4n) is 2.17. The minimum atomic E-state index is -0.229. The van der Waals surface area contributed by atoms with E-state index in [1.54, 1.807) is 12.1 Å². The SMILES string of the molecule is Fc1ccc(N2CCN=C2c2ccc(Cl)cc2)cc1. The molecule has 0 aliphatic carbocycles. The average Bonchev–Trinajstić information content (AvgIpc) is 2.90. The molecular formula is C15H12ClFN2. The molecule has 4 heteroatoms. The molecule has 0 unspecified atom stereocenters. The molecule has 0 saturated carbocycles. The van der Waals surface area contributed by atoms with E-state index >= 15 is 0 Å². The summed E-state index contributed by atoms with van der Waals surface area (Å²) in [5.41, 5.74) is 1.97. The first kappa shape index (κ1) is 12.2. The summed E-state index contributed by atoms with van der Waals surface area (Å²) in [6.45, 7) is 1.55. The third-order valence-corrected chi connectivity index (χ3v) is 3.33. The highest BCUT2D eigenvalue weighted by Gasteiger charge is 2.19. The van der Waals surface area contributed by atoms with Gasteiger partial charge in [-0.15, -0.1) is 0 Å². The smallest absolute Gasteiger partial charge is 0.135 e. The molecule has 0 N–H and O–H groups in total. The van der Waals surface area contributed by atoms with Crippen molar-refractivity contribution in [2.24, 2.45) is 4.99 Å². The zero-order chi connectivity index (χ0) is 13.2. The first-order chi connectivity index (χ1) is 9.24. The quantitative estimate of drug-likeness (QED) is 0.814. The van der Waals surface area contributed by atoms with Gasteiger partial charge in [-0.25, -0.2) is 4.39 Å². The number of halogens is 2. The number of nitrogens with zero attached hydrogens (tertiary/aromatic N) is 2. The predicted octanol–water partition coefficient (Wildman–Crippen LogP) is 3.75. The van der Waals surface area contributed by atoms with E-state index in [9.17, 15) is 4.39 Å². The lowest BCUT2D eigenvalue weighted by Gasteiger charge is -2.20. The van der Waals surface area contributed by atoms with Crippen molar-refractivity contribution in [2.75, 3.05) is 18.0 Å². The molecule has 2 nitrogen and oxygen atoms in total. The number of amidine groups is 1. The van der Waals surface area contributed by atoms with Gasteiger partial charge in [-0.3, -0.25) is 4.99 Å². The van der Waals surface area contributed by atoms with E-state index in [0.29, 0.717) is 5.02 Å². The Balaban J connectivity index is 1.93. The van der Waals surface area contributed by atoms with E-state index in [-0.39, 0.29) is 5.82 Å². The predicted molar refractivity (Wildman–Crippen MR) is 76.6 cm³/mol. The molecule has 0 bridgehead atoms. The molecule has 96 valence electrons. The minimum Gasteiger partial charge on any atom is -0.324 e. The number of hydrogen-bond acceptors (Lipinski definition) is 2. The van der Waals surface area contributed by atoms with Crippen molar-refractivity contribution >= 4 is 23.1 Å². The molecule has 1 heterocycles. The molecule has 0 amide bonds. The topological polar surface area (TPSA) is 15.6 Å². The maximum absolute atomic E-state index is 13.0. The van der Waals surface area contributed by atoms with Crippen LogP contribution in [0.3, 0.4) is 0 Å². The van der Waals surface area contributed by atoms with Crippen LogP contribution in [0.1, 0.15) is 5.56 Å². The monoisotopic (exact) mass is 274 g/mol. The molecule has 19 heavy (non-hydrogen) atoms. The maximum atomic E-state index is 13.0. The summed E-state index contributed by atoms with van der Waals surface area (Å²) in [7, 11) is 0. The fraction of sp³-hybridized carbons (Fsp3) is 0.133. The molecule has 0 aromatic heterocycles. The summed E-state index contributed by atoms with van der Waals surface area (Å²) in [5, 5.41) is 0.704. The van der Waals surface area contributed by atoms with Gasteiger partial charge in [-0.1, -0.05) is 11.6 Å². The Labute approximate surface area is 116 Å². The van der Waals surface area contributed by atoms with E-state index < -0.39 is 0 Å². The second kappa shape index (κ2) is 5.02. The van der Waals surface area contributed by atoms with E-state index in [0.717, 1.165) is 30.2 Å². The zero-order valence-corrected chi connectivity index (χ0v) is 10.9. The molecule has 0 fully saturated rings. The lowest BCUT2D eigenvalue weighted by Crippen LogP contribution is -2.28. The minimum absolute atomic E-state index is 0.229. The van der Waals surface area contributed by atoms with Crippen LogP contribution in [0.25, 0.3) is 0 Å². The summed E-state index contributed by atoms with van der Waals surface area (Å²) in [5.74, 6) is 0.677. The Hall–Kier alpha value is -1.87. The summed E-state index contributed by atoms with van der Waals surface area (Å²) >= 11 is 5.89. The molecule has 2 aromatic carbocycles. The highest BCUT2D eigenvalue weighted by Crippen LogP contribution is 2.22. The molecule has 0 saturated heterocycles. The molecule has 3 rings (SSSR count). The van der Waals surface area contributed by atoms with Crippen LogP contribution in [0.4, 0.5) is 10.1 Å². The Bertz CT molecular complexity index is 605. The molecule has 0 atom stereocenters. The largest absolute Gasteiger partial charge is 0.324 e. The van der Waals surface area contributed by atoms with Crippen LogP contribution in [-0.2, 0) is 0 Å². The Morgan fingerprint density at radius 3 is 2.37 bits per heavy atom. The summed E-state index contributed by atoms with van der Waals surface area (Å²) in [6.07, 6.45) is 0. The van der Waals surface area contributed by atoms with Crippen LogP contribution < -0.4 is 4.90 Å². The van der Waals surface area contributed by atoms with Gasteiger partial charge < -0.3 is 4.90 Å². The van der Waals surface area contributed by atoms with Crippen LogP contribution in [0.5, 0.6) is 0 Å². The number of rotatable bonds is 2. The van der Waals surface area contributed by atoms with Crippen molar-refractivity contribution in [3.8, 4) is 0 Å². The van der Waals surface area contributed by atoms with Crippen molar-refractivity contribution in [3.05, 3.63) is 64.9 Å². The van der Waals surface area contributed by atoms with Gasteiger partial charge in [0.2, 0.25) is 0 Å².